The smallest absolute Gasteiger partial charge is 0.338 e. The molecule has 1 aromatic carbocycles. The summed E-state index contributed by atoms with van der Waals surface area (Å²) >= 11 is 0. The Labute approximate surface area is 123 Å². The second kappa shape index (κ2) is 6.50. The van der Waals surface area contributed by atoms with Crippen LogP contribution in [0.5, 0.6) is 0 Å². The SMILES string of the molecule is Cc1cc(S(=O)(=O)NCC(C)N(C)C)cc(C(=O)O)c1F. The van der Waals surface area contributed by atoms with Crippen LogP contribution in [0.4, 0.5) is 4.39 Å². The van der Waals surface area contributed by atoms with Crippen LogP contribution in [0.25, 0.3) is 0 Å². The molecular weight excluding hydrogens is 299 g/mol. The number of aryl methyl sites for hydroxylation is 1. The number of carboxylic acid groups (broad SMARTS) is 1. The maximum Gasteiger partial charge on any atom is 0.338 e. The molecule has 0 saturated heterocycles. The molecule has 6 nitrogen and oxygen atoms in total. The van der Waals surface area contributed by atoms with Gasteiger partial charge in [0, 0.05) is 12.6 Å². The van der Waals surface area contributed by atoms with Gasteiger partial charge in [0.2, 0.25) is 10.0 Å². The van der Waals surface area contributed by atoms with Gasteiger partial charge in [-0.05, 0) is 45.6 Å². The second-order valence-electron chi connectivity index (χ2n) is 5.07. The van der Waals surface area contributed by atoms with Gasteiger partial charge >= 0.3 is 5.97 Å². The minimum absolute atomic E-state index is 0.0315. The van der Waals surface area contributed by atoms with Crippen LogP contribution in [-0.4, -0.2) is 51.1 Å². The number of hydrogen-bond donors (Lipinski definition) is 2. The fourth-order valence-corrected chi connectivity index (χ4v) is 2.78. The zero-order valence-electron chi connectivity index (χ0n) is 12.3. The molecule has 118 valence electrons. The lowest BCUT2D eigenvalue weighted by atomic mass is 10.1. The Balaban J connectivity index is 3.12. The van der Waals surface area contributed by atoms with Crippen LogP contribution in [0.2, 0.25) is 0 Å². The molecule has 0 aliphatic rings. The number of sulfonamides is 1. The summed E-state index contributed by atoms with van der Waals surface area (Å²) in [5, 5.41) is 8.91. The Kier molecular flexibility index (Phi) is 5.43. The summed E-state index contributed by atoms with van der Waals surface area (Å²) in [5.41, 5.74) is -0.688. The summed E-state index contributed by atoms with van der Waals surface area (Å²) in [6, 6.07) is 1.90. The number of nitrogens with zero attached hydrogens (tertiary/aromatic N) is 1. The van der Waals surface area contributed by atoms with Crippen LogP contribution in [-0.2, 0) is 10.0 Å². The molecule has 21 heavy (non-hydrogen) atoms. The largest absolute Gasteiger partial charge is 0.478 e. The second-order valence-corrected chi connectivity index (χ2v) is 6.84. The summed E-state index contributed by atoms with van der Waals surface area (Å²) in [5.74, 6) is -2.43. The van der Waals surface area contributed by atoms with Crippen LogP contribution in [0, 0.1) is 12.7 Å². The van der Waals surface area contributed by atoms with Crippen molar-refractivity contribution in [1.82, 2.24) is 9.62 Å². The highest BCUT2D eigenvalue weighted by molar-refractivity contribution is 7.89. The van der Waals surface area contributed by atoms with E-state index < -0.39 is 27.4 Å². The molecular formula is C13H19FN2O4S. The number of benzene rings is 1. The van der Waals surface area contributed by atoms with Crippen molar-refractivity contribution in [2.75, 3.05) is 20.6 Å². The molecule has 0 aliphatic heterocycles. The van der Waals surface area contributed by atoms with Crippen molar-refractivity contribution in [3.05, 3.63) is 29.1 Å². The monoisotopic (exact) mass is 318 g/mol. The van der Waals surface area contributed by atoms with E-state index >= 15 is 0 Å². The number of carbonyl (C=O) groups is 1. The van der Waals surface area contributed by atoms with Gasteiger partial charge in [-0.15, -0.1) is 0 Å². The minimum atomic E-state index is -3.89. The van der Waals surface area contributed by atoms with Gasteiger partial charge in [-0.1, -0.05) is 0 Å². The van der Waals surface area contributed by atoms with Crippen molar-refractivity contribution in [3.63, 3.8) is 0 Å². The number of halogens is 1. The highest BCUT2D eigenvalue weighted by atomic mass is 32.2. The molecule has 1 unspecified atom stereocenters. The van der Waals surface area contributed by atoms with Crippen molar-refractivity contribution < 1.29 is 22.7 Å². The van der Waals surface area contributed by atoms with Crippen molar-refractivity contribution >= 4 is 16.0 Å². The maximum absolute atomic E-state index is 13.6. The standard InChI is InChI=1S/C13H19FN2O4S/c1-8-5-10(6-11(12(8)14)13(17)18)21(19,20)15-7-9(2)16(3)4/h5-6,9,15H,7H2,1-4H3,(H,17,18). The first-order valence-corrected chi connectivity index (χ1v) is 7.74. The van der Waals surface area contributed by atoms with Crippen molar-refractivity contribution in [2.24, 2.45) is 0 Å². The predicted molar refractivity (Wildman–Crippen MR) is 76.4 cm³/mol. The minimum Gasteiger partial charge on any atom is -0.478 e. The first-order chi connectivity index (χ1) is 9.56. The number of likely N-dealkylation sites (N-methyl/N-ethyl adjacent to an activating group) is 1. The molecule has 0 heterocycles. The van der Waals surface area contributed by atoms with Crippen molar-refractivity contribution in [2.45, 2.75) is 24.8 Å². The molecule has 0 fully saturated rings. The van der Waals surface area contributed by atoms with Crippen molar-refractivity contribution in [3.8, 4) is 0 Å². The molecule has 0 bridgehead atoms. The third kappa shape index (κ3) is 4.23. The van der Waals surface area contributed by atoms with Gasteiger partial charge < -0.3 is 10.0 Å². The zero-order chi connectivity index (χ0) is 16.4. The van der Waals surface area contributed by atoms with E-state index in [1.165, 1.54) is 6.92 Å². The van der Waals surface area contributed by atoms with E-state index in [1.807, 2.05) is 25.9 Å². The Hall–Kier alpha value is -1.51. The molecule has 0 amide bonds. The van der Waals surface area contributed by atoms with E-state index in [9.17, 15) is 17.6 Å². The van der Waals surface area contributed by atoms with Crippen LogP contribution in [0.3, 0.4) is 0 Å². The third-order valence-corrected chi connectivity index (χ3v) is 4.62. The summed E-state index contributed by atoms with van der Waals surface area (Å²) in [4.78, 5) is 12.5. The average Bonchev–Trinajstić information content (AvgIpc) is 2.38. The van der Waals surface area contributed by atoms with Crippen LogP contribution in [0.15, 0.2) is 17.0 Å². The van der Waals surface area contributed by atoms with Gasteiger partial charge in [-0.3, -0.25) is 0 Å². The van der Waals surface area contributed by atoms with Crippen LogP contribution in [0.1, 0.15) is 22.8 Å². The first kappa shape index (κ1) is 17.5. The molecule has 0 spiro atoms. The van der Waals surface area contributed by atoms with Gasteiger partial charge in [-0.2, -0.15) is 0 Å². The third-order valence-electron chi connectivity index (χ3n) is 3.22. The van der Waals surface area contributed by atoms with Crippen LogP contribution < -0.4 is 4.72 Å². The average molecular weight is 318 g/mol. The van der Waals surface area contributed by atoms with Gasteiger partial charge in [-0.25, -0.2) is 22.3 Å². The molecule has 0 aliphatic carbocycles. The lowest BCUT2D eigenvalue weighted by molar-refractivity contribution is 0.0691. The zero-order valence-corrected chi connectivity index (χ0v) is 13.2. The van der Waals surface area contributed by atoms with E-state index in [4.69, 9.17) is 5.11 Å². The molecule has 1 aromatic rings. The topological polar surface area (TPSA) is 86.7 Å². The normalized spacial score (nSPS) is 13.4. The lowest BCUT2D eigenvalue weighted by Gasteiger charge is -2.20. The van der Waals surface area contributed by atoms with Gasteiger partial charge in [0.15, 0.2) is 0 Å². The Bertz CT molecular complexity index is 644. The number of rotatable bonds is 6. The summed E-state index contributed by atoms with van der Waals surface area (Å²) < 4.78 is 40.3. The maximum atomic E-state index is 13.6. The number of aromatic carboxylic acids is 1. The summed E-state index contributed by atoms with van der Waals surface area (Å²) in [6.07, 6.45) is 0. The Morgan fingerprint density at radius 1 is 1.43 bits per heavy atom. The van der Waals surface area contributed by atoms with E-state index in [2.05, 4.69) is 4.72 Å². The van der Waals surface area contributed by atoms with E-state index in [1.54, 1.807) is 0 Å². The van der Waals surface area contributed by atoms with Gasteiger partial charge in [0.05, 0.1) is 10.5 Å². The molecule has 1 rings (SSSR count). The Morgan fingerprint density at radius 3 is 2.48 bits per heavy atom. The number of hydrogen-bond acceptors (Lipinski definition) is 4. The fourth-order valence-electron chi connectivity index (χ4n) is 1.54. The molecule has 0 radical (unpaired) electrons. The molecule has 2 N–H and O–H groups in total. The highest BCUT2D eigenvalue weighted by Crippen LogP contribution is 2.19. The highest BCUT2D eigenvalue weighted by Gasteiger charge is 2.21. The fraction of sp³-hybridized carbons (Fsp3) is 0.462. The Morgan fingerprint density at radius 2 is 2.00 bits per heavy atom. The molecule has 0 aromatic heterocycles. The molecule has 1 atom stereocenters. The quantitative estimate of drug-likeness (QED) is 0.819. The number of carboxylic acids is 1. The number of nitrogens with one attached hydrogen (secondary N) is 1. The molecule has 0 saturated carbocycles. The molecule has 8 heteroatoms. The summed E-state index contributed by atoms with van der Waals surface area (Å²) in [6.45, 7) is 3.32. The van der Waals surface area contributed by atoms with E-state index in [-0.39, 0.29) is 23.0 Å². The first-order valence-electron chi connectivity index (χ1n) is 6.25. The van der Waals surface area contributed by atoms with E-state index in [0.29, 0.717) is 0 Å². The van der Waals surface area contributed by atoms with Crippen LogP contribution >= 0.6 is 0 Å². The van der Waals surface area contributed by atoms with Crippen molar-refractivity contribution in [1.29, 1.82) is 0 Å². The predicted octanol–water partition coefficient (Wildman–Crippen LogP) is 1.06. The lowest BCUT2D eigenvalue weighted by Crippen LogP contribution is -2.38. The summed E-state index contributed by atoms with van der Waals surface area (Å²) in [7, 11) is -0.273. The van der Waals surface area contributed by atoms with Gasteiger partial charge in [0.25, 0.3) is 0 Å². The van der Waals surface area contributed by atoms with Gasteiger partial charge in [0.1, 0.15) is 5.82 Å². The van der Waals surface area contributed by atoms with E-state index in [0.717, 1.165) is 12.1 Å².